The van der Waals surface area contributed by atoms with Gasteiger partial charge in [0.1, 0.15) is 0 Å². The number of hydrogen-bond donors (Lipinski definition) is 2. The van der Waals surface area contributed by atoms with Crippen LogP contribution < -0.4 is 11.1 Å². The average Bonchev–Trinajstić information content (AvgIpc) is 2.41. The largest absolute Gasteiger partial charge is 0.398 e. The molecule has 3 N–H and O–H groups in total. The first-order valence-electron chi connectivity index (χ1n) is 7.39. The van der Waals surface area contributed by atoms with Gasteiger partial charge in [0, 0.05) is 24.3 Å². The number of likely N-dealkylation sites (tertiary alicyclic amines) is 1. The SMILES string of the molecule is Cc1cccc(CNC2CCN(C(C)C)CC2)c1N. The van der Waals surface area contributed by atoms with Crippen molar-refractivity contribution >= 4 is 5.69 Å². The van der Waals surface area contributed by atoms with Gasteiger partial charge in [-0.1, -0.05) is 18.2 Å². The maximum Gasteiger partial charge on any atom is 0.0389 e. The van der Waals surface area contributed by atoms with Crippen molar-refractivity contribution in [3.63, 3.8) is 0 Å². The van der Waals surface area contributed by atoms with Crippen LogP contribution in [-0.2, 0) is 6.54 Å². The summed E-state index contributed by atoms with van der Waals surface area (Å²) in [5.41, 5.74) is 9.45. The molecular formula is C16H27N3. The Morgan fingerprint density at radius 1 is 1.32 bits per heavy atom. The molecular weight excluding hydrogens is 234 g/mol. The molecule has 0 bridgehead atoms. The molecule has 106 valence electrons. The van der Waals surface area contributed by atoms with E-state index in [1.165, 1.54) is 37.1 Å². The molecule has 19 heavy (non-hydrogen) atoms. The molecule has 0 aliphatic carbocycles. The van der Waals surface area contributed by atoms with Crippen LogP contribution in [0.3, 0.4) is 0 Å². The van der Waals surface area contributed by atoms with Gasteiger partial charge in [0.25, 0.3) is 0 Å². The van der Waals surface area contributed by atoms with Crippen LogP contribution in [-0.4, -0.2) is 30.1 Å². The zero-order chi connectivity index (χ0) is 13.8. The Morgan fingerprint density at radius 3 is 2.63 bits per heavy atom. The first-order valence-corrected chi connectivity index (χ1v) is 7.39. The third kappa shape index (κ3) is 3.71. The zero-order valence-electron chi connectivity index (χ0n) is 12.4. The second-order valence-corrected chi connectivity index (χ2v) is 5.93. The Hall–Kier alpha value is -1.06. The molecule has 1 aromatic carbocycles. The highest BCUT2D eigenvalue weighted by Crippen LogP contribution is 2.18. The second kappa shape index (κ2) is 6.40. The molecule has 0 aromatic heterocycles. The number of rotatable bonds is 4. The molecule has 0 saturated carbocycles. The van der Waals surface area contributed by atoms with Crippen LogP contribution >= 0.6 is 0 Å². The number of aryl methyl sites for hydroxylation is 1. The minimum atomic E-state index is 0.634. The van der Waals surface area contributed by atoms with Crippen LogP contribution in [0.4, 0.5) is 5.69 Å². The van der Waals surface area contributed by atoms with Crippen LogP contribution in [0.15, 0.2) is 18.2 Å². The quantitative estimate of drug-likeness (QED) is 0.818. The van der Waals surface area contributed by atoms with Crippen molar-refractivity contribution in [1.29, 1.82) is 0 Å². The predicted molar refractivity (Wildman–Crippen MR) is 82.2 cm³/mol. The predicted octanol–water partition coefficient (Wildman–Crippen LogP) is 2.54. The Kier molecular flexibility index (Phi) is 4.83. The summed E-state index contributed by atoms with van der Waals surface area (Å²) in [6, 6.07) is 7.59. The summed E-state index contributed by atoms with van der Waals surface area (Å²) in [4.78, 5) is 2.55. The van der Waals surface area contributed by atoms with Crippen molar-refractivity contribution in [2.75, 3.05) is 18.8 Å². The average molecular weight is 261 g/mol. The van der Waals surface area contributed by atoms with Crippen LogP contribution in [0.2, 0.25) is 0 Å². The van der Waals surface area contributed by atoms with E-state index in [-0.39, 0.29) is 0 Å². The number of nitrogens with two attached hydrogens (primary N) is 1. The molecule has 1 heterocycles. The van der Waals surface area contributed by atoms with E-state index in [0.29, 0.717) is 12.1 Å². The number of nitrogen functional groups attached to an aromatic ring is 1. The topological polar surface area (TPSA) is 41.3 Å². The highest BCUT2D eigenvalue weighted by Gasteiger charge is 2.20. The van der Waals surface area contributed by atoms with Gasteiger partial charge in [0.05, 0.1) is 0 Å². The Morgan fingerprint density at radius 2 is 2.00 bits per heavy atom. The van der Waals surface area contributed by atoms with Crippen molar-refractivity contribution in [2.24, 2.45) is 0 Å². The fourth-order valence-electron chi connectivity index (χ4n) is 2.77. The van der Waals surface area contributed by atoms with Gasteiger partial charge in [-0.05, 0) is 57.8 Å². The number of hydrogen-bond acceptors (Lipinski definition) is 3. The standard InChI is InChI=1S/C16H27N3/c1-12(2)19-9-7-15(8-10-19)18-11-14-6-4-5-13(3)16(14)17/h4-6,12,15,18H,7-11,17H2,1-3H3. The van der Waals surface area contributed by atoms with E-state index < -0.39 is 0 Å². The molecule has 1 aliphatic rings. The maximum absolute atomic E-state index is 6.11. The number of benzene rings is 1. The van der Waals surface area contributed by atoms with Gasteiger partial charge in [-0.15, -0.1) is 0 Å². The molecule has 1 saturated heterocycles. The van der Waals surface area contributed by atoms with Gasteiger partial charge in [-0.2, -0.15) is 0 Å². The molecule has 0 radical (unpaired) electrons. The Balaban J connectivity index is 1.82. The second-order valence-electron chi connectivity index (χ2n) is 5.93. The lowest BCUT2D eigenvalue weighted by Gasteiger charge is -2.35. The van der Waals surface area contributed by atoms with E-state index in [1.807, 2.05) is 0 Å². The Labute approximate surface area is 117 Å². The summed E-state index contributed by atoms with van der Waals surface area (Å²) < 4.78 is 0. The van der Waals surface area contributed by atoms with Gasteiger partial charge in [0.15, 0.2) is 0 Å². The fraction of sp³-hybridized carbons (Fsp3) is 0.625. The normalized spacial score (nSPS) is 18.1. The maximum atomic E-state index is 6.11. The van der Waals surface area contributed by atoms with Gasteiger partial charge >= 0.3 is 0 Å². The third-order valence-corrected chi connectivity index (χ3v) is 4.26. The van der Waals surface area contributed by atoms with Gasteiger partial charge in [-0.25, -0.2) is 0 Å². The molecule has 1 aliphatic heterocycles. The third-order valence-electron chi connectivity index (χ3n) is 4.26. The van der Waals surface area contributed by atoms with Crippen LogP contribution in [0.25, 0.3) is 0 Å². The number of para-hydroxylation sites is 1. The summed E-state index contributed by atoms with van der Waals surface area (Å²) in [5, 5.41) is 3.66. The first kappa shape index (κ1) is 14.4. The van der Waals surface area contributed by atoms with Crippen LogP contribution in [0.1, 0.15) is 37.8 Å². The lowest BCUT2D eigenvalue weighted by atomic mass is 10.0. The summed E-state index contributed by atoms with van der Waals surface area (Å²) >= 11 is 0. The molecule has 3 nitrogen and oxygen atoms in total. The molecule has 0 spiro atoms. The highest BCUT2D eigenvalue weighted by atomic mass is 15.2. The highest BCUT2D eigenvalue weighted by molar-refractivity contribution is 5.52. The minimum absolute atomic E-state index is 0.634. The van der Waals surface area contributed by atoms with Crippen LogP contribution in [0.5, 0.6) is 0 Å². The van der Waals surface area contributed by atoms with Crippen molar-refractivity contribution in [1.82, 2.24) is 10.2 Å². The summed E-state index contributed by atoms with van der Waals surface area (Å²) in [7, 11) is 0. The minimum Gasteiger partial charge on any atom is -0.398 e. The van der Waals surface area contributed by atoms with Gasteiger partial charge < -0.3 is 16.0 Å². The first-order chi connectivity index (χ1) is 9.08. The van der Waals surface area contributed by atoms with E-state index in [0.717, 1.165) is 12.2 Å². The molecule has 1 fully saturated rings. The molecule has 1 aromatic rings. The molecule has 0 amide bonds. The monoisotopic (exact) mass is 261 g/mol. The van der Waals surface area contributed by atoms with Crippen molar-refractivity contribution in [3.8, 4) is 0 Å². The van der Waals surface area contributed by atoms with E-state index in [2.05, 4.69) is 49.2 Å². The lowest BCUT2D eigenvalue weighted by molar-refractivity contribution is 0.161. The summed E-state index contributed by atoms with van der Waals surface area (Å²) in [6.45, 7) is 9.93. The lowest BCUT2D eigenvalue weighted by Crippen LogP contribution is -2.44. The number of nitrogens with one attached hydrogen (secondary N) is 1. The number of anilines is 1. The molecule has 0 unspecified atom stereocenters. The van der Waals surface area contributed by atoms with E-state index in [4.69, 9.17) is 5.73 Å². The van der Waals surface area contributed by atoms with Gasteiger partial charge in [0.2, 0.25) is 0 Å². The van der Waals surface area contributed by atoms with Crippen LogP contribution in [0, 0.1) is 6.92 Å². The van der Waals surface area contributed by atoms with E-state index >= 15 is 0 Å². The molecule has 0 atom stereocenters. The summed E-state index contributed by atoms with van der Waals surface area (Å²) in [5.74, 6) is 0. The smallest absolute Gasteiger partial charge is 0.0389 e. The van der Waals surface area contributed by atoms with E-state index in [9.17, 15) is 0 Å². The zero-order valence-corrected chi connectivity index (χ0v) is 12.4. The molecule has 2 rings (SSSR count). The summed E-state index contributed by atoms with van der Waals surface area (Å²) in [6.07, 6.45) is 2.48. The van der Waals surface area contributed by atoms with Crippen molar-refractivity contribution in [3.05, 3.63) is 29.3 Å². The number of nitrogens with zero attached hydrogens (tertiary/aromatic N) is 1. The van der Waals surface area contributed by atoms with Crippen molar-refractivity contribution in [2.45, 2.75) is 52.2 Å². The fourth-order valence-corrected chi connectivity index (χ4v) is 2.77. The Bertz CT molecular complexity index is 406. The van der Waals surface area contributed by atoms with Crippen molar-refractivity contribution < 1.29 is 0 Å². The van der Waals surface area contributed by atoms with Gasteiger partial charge in [-0.3, -0.25) is 0 Å². The molecule has 3 heteroatoms. The number of piperidine rings is 1. The van der Waals surface area contributed by atoms with E-state index in [1.54, 1.807) is 0 Å².